The highest BCUT2D eigenvalue weighted by molar-refractivity contribution is 5.96. The molecule has 1 aliphatic heterocycles. The Morgan fingerprint density at radius 3 is 2.71 bits per heavy atom. The van der Waals surface area contributed by atoms with E-state index in [1.54, 1.807) is 18.2 Å². The van der Waals surface area contributed by atoms with E-state index in [2.05, 4.69) is 10.2 Å². The molecule has 0 aliphatic carbocycles. The molecule has 2 aromatic rings. The van der Waals surface area contributed by atoms with E-state index in [-0.39, 0.29) is 23.3 Å². The Morgan fingerprint density at radius 1 is 1.25 bits per heavy atom. The molecule has 28 heavy (non-hydrogen) atoms. The maximum atomic E-state index is 12.7. The first-order valence-electron chi connectivity index (χ1n) is 9.51. The second-order valence-electron chi connectivity index (χ2n) is 7.07. The lowest BCUT2D eigenvalue weighted by atomic mass is 9.97. The van der Waals surface area contributed by atoms with Crippen LogP contribution in [0.2, 0.25) is 0 Å². The third-order valence-corrected chi connectivity index (χ3v) is 5.07. The number of anilines is 1. The number of carbonyl (C=O) groups excluding carboxylic acids is 1. The van der Waals surface area contributed by atoms with Crippen LogP contribution >= 0.6 is 0 Å². The molecule has 1 heterocycles. The lowest BCUT2D eigenvalue weighted by molar-refractivity contribution is -0.383. The fourth-order valence-corrected chi connectivity index (χ4v) is 3.46. The lowest BCUT2D eigenvalue weighted by Gasteiger charge is -2.35. The number of nitrogens with zero attached hydrogens (tertiary/aromatic N) is 2. The molecule has 2 aromatic carbocycles. The molecule has 1 aliphatic rings. The van der Waals surface area contributed by atoms with Gasteiger partial charge in [0.25, 0.3) is 5.69 Å². The molecule has 0 aromatic heterocycles. The minimum absolute atomic E-state index is 0.101. The van der Waals surface area contributed by atoms with Gasteiger partial charge in [-0.25, -0.2) is 0 Å². The topological polar surface area (TPSA) is 84.7 Å². The average molecular weight is 383 g/mol. The number of benzene rings is 2. The minimum Gasteiger partial charge on any atom is -0.493 e. The van der Waals surface area contributed by atoms with Gasteiger partial charge in [0.15, 0.2) is 0 Å². The third-order valence-electron chi connectivity index (χ3n) is 5.07. The Balaban J connectivity index is 1.56. The normalized spacial score (nSPS) is 18.2. The molecule has 2 unspecified atom stereocenters. The molecule has 0 spiro atoms. The van der Waals surface area contributed by atoms with Gasteiger partial charge in [-0.2, -0.15) is 0 Å². The average Bonchev–Trinajstić information content (AvgIpc) is 2.73. The van der Waals surface area contributed by atoms with Crippen molar-refractivity contribution in [3.63, 3.8) is 0 Å². The molecule has 1 fully saturated rings. The van der Waals surface area contributed by atoms with Crippen LogP contribution < -0.4 is 10.1 Å². The van der Waals surface area contributed by atoms with E-state index in [0.29, 0.717) is 12.5 Å². The molecule has 1 saturated heterocycles. The number of para-hydroxylation sites is 3. The van der Waals surface area contributed by atoms with Gasteiger partial charge in [-0.15, -0.1) is 0 Å². The number of amides is 1. The molecule has 0 bridgehead atoms. The molecular weight excluding hydrogens is 358 g/mol. The van der Waals surface area contributed by atoms with Gasteiger partial charge < -0.3 is 10.1 Å². The van der Waals surface area contributed by atoms with Crippen LogP contribution in [-0.4, -0.2) is 41.5 Å². The van der Waals surface area contributed by atoms with E-state index in [9.17, 15) is 14.9 Å². The van der Waals surface area contributed by atoms with Crippen molar-refractivity contribution in [2.75, 3.05) is 25.0 Å². The third kappa shape index (κ3) is 5.07. The molecule has 0 saturated carbocycles. The highest BCUT2D eigenvalue weighted by Gasteiger charge is 2.28. The van der Waals surface area contributed by atoms with Crippen molar-refractivity contribution >= 4 is 17.3 Å². The van der Waals surface area contributed by atoms with E-state index in [4.69, 9.17) is 4.74 Å². The number of piperidine rings is 1. The zero-order chi connectivity index (χ0) is 19.9. The summed E-state index contributed by atoms with van der Waals surface area (Å²) < 4.78 is 5.87. The van der Waals surface area contributed by atoms with Crippen LogP contribution in [-0.2, 0) is 4.79 Å². The largest absolute Gasteiger partial charge is 0.493 e. The smallest absolute Gasteiger partial charge is 0.292 e. The van der Waals surface area contributed by atoms with E-state index in [0.717, 1.165) is 31.7 Å². The molecule has 1 N–H and O–H groups in total. The predicted octanol–water partition coefficient (Wildman–Crippen LogP) is 3.71. The van der Waals surface area contributed by atoms with E-state index < -0.39 is 4.92 Å². The van der Waals surface area contributed by atoms with Gasteiger partial charge in [-0.05, 0) is 44.5 Å². The minimum atomic E-state index is -0.488. The van der Waals surface area contributed by atoms with Crippen LogP contribution in [0.5, 0.6) is 5.75 Å². The summed E-state index contributed by atoms with van der Waals surface area (Å²) in [7, 11) is 0. The number of carbonyl (C=O) groups is 1. The van der Waals surface area contributed by atoms with E-state index >= 15 is 0 Å². The summed E-state index contributed by atoms with van der Waals surface area (Å²) in [5.74, 6) is 0.955. The van der Waals surface area contributed by atoms with Gasteiger partial charge in [-0.1, -0.05) is 30.3 Å². The monoisotopic (exact) mass is 383 g/mol. The van der Waals surface area contributed by atoms with Crippen molar-refractivity contribution in [3.05, 3.63) is 64.7 Å². The highest BCUT2D eigenvalue weighted by Crippen LogP contribution is 2.25. The molecule has 2 atom stereocenters. The van der Waals surface area contributed by atoms with Crippen molar-refractivity contribution in [2.24, 2.45) is 5.92 Å². The molecule has 7 nitrogen and oxygen atoms in total. The lowest BCUT2D eigenvalue weighted by Crippen LogP contribution is -2.48. The number of hydrogen-bond donors (Lipinski definition) is 1. The van der Waals surface area contributed by atoms with Crippen LogP contribution in [0, 0.1) is 16.0 Å². The summed E-state index contributed by atoms with van der Waals surface area (Å²) in [5.41, 5.74) is 0.126. The number of ether oxygens (including phenoxy) is 1. The number of nitro benzene ring substituents is 1. The molecule has 7 heteroatoms. The summed E-state index contributed by atoms with van der Waals surface area (Å²) >= 11 is 0. The van der Waals surface area contributed by atoms with Gasteiger partial charge in [0, 0.05) is 18.5 Å². The van der Waals surface area contributed by atoms with Crippen molar-refractivity contribution in [3.8, 4) is 5.75 Å². The van der Waals surface area contributed by atoms with Gasteiger partial charge >= 0.3 is 0 Å². The predicted molar refractivity (Wildman–Crippen MR) is 107 cm³/mol. The van der Waals surface area contributed by atoms with Crippen LogP contribution in [0.1, 0.15) is 19.8 Å². The number of hydrogen-bond acceptors (Lipinski definition) is 5. The Kier molecular flexibility index (Phi) is 6.60. The second kappa shape index (κ2) is 9.32. The Hall–Kier alpha value is -2.93. The summed E-state index contributed by atoms with van der Waals surface area (Å²) in [6, 6.07) is 15.5. The molecular formula is C21H25N3O4. The summed E-state index contributed by atoms with van der Waals surface area (Å²) in [6.07, 6.45) is 2.05. The number of nitrogens with one attached hydrogen (secondary N) is 1. The Morgan fingerprint density at radius 2 is 1.96 bits per heavy atom. The summed E-state index contributed by atoms with van der Waals surface area (Å²) in [6.45, 7) is 4.04. The molecule has 1 amide bonds. The van der Waals surface area contributed by atoms with E-state index in [1.807, 2.05) is 37.3 Å². The van der Waals surface area contributed by atoms with Crippen LogP contribution in [0.3, 0.4) is 0 Å². The number of rotatable bonds is 7. The first-order valence-corrected chi connectivity index (χ1v) is 9.51. The number of likely N-dealkylation sites (tertiary alicyclic amines) is 1. The van der Waals surface area contributed by atoms with Crippen molar-refractivity contribution in [1.82, 2.24) is 4.90 Å². The first-order chi connectivity index (χ1) is 13.5. The fourth-order valence-electron chi connectivity index (χ4n) is 3.46. The first kappa shape index (κ1) is 19.8. The Bertz CT molecular complexity index is 812. The zero-order valence-corrected chi connectivity index (χ0v) is 15.9. The molecule has 148 valence electrons. The maximum absolute atomic E-state index is 12.7. The van der Waals surface area contributed by atoms with E-state index in [1.165, 1.54) is 6.07 Å². The van der Waals surface area contributed by atoms with Crippen LogP contribution in [0.15, 0.2) is 54.6 Å². The van der Waals surface area contributed by atoms with Gasteiger partial charge in [0.05, 0.1) is 17.6 Å². The fraction of sp³-hybridized carbons (Fsp3) is 0.381. The maximum Gasteiger partial charge on any atom is 0.292 e. The standard InChI is InChI=1S/C21H25N3O4/c1-16(21(25)22-19-11-5-6-12-20(19)24(26)27)23-13-7-8-17(14-23)15-28-18-9-3-2-4-10-18/h2-6,9-12,16-17H,7-8,13-15H2,1H3,(H,22,25). The molecule has 0 radical (unpaired) electrons. The van der Waals surface area contributed by atoms with Gasteiger partial charge in [-0.3, -0.25) is 19.8 Å². The van der Waals surface area contributed by atoms with Crippen molar-refractivity contribution < 1.29 is 14.5 Å². The van der Waals surface area contributed by atoms with Crippen molar-refractivity contribution in [1.29, 1.82) is 0 Å². The van der Waals surface area contributed by atoms with Crippen LogP contribution in [0.4, 0.5) is 11.4 Å². The Labute approximate surface area is 164 Å². The van der Waals surface area contributed by atoms with Gasteiger partial charge in [0.1, 0.15) is 11.4 Å². The quantitative estimate of drug-likeness (QED) is 0.582. The van der Waals surface area contributed by atoms with Crippen molar-refractivity contribution in [2.45, 2.75) is 25.8 Å². The molecule has 3 rings (SSSR count). The summed E-state index contributed by atoms with van der Waals surface area (Å²) in [4.78, 5) is 25.4. The zero-order valence-electron chi connectivity index (χ0n) is 15.9. The van der Waals surface area contributed by atoms with Crippen LogP contribution in [0.25, 0.3) is 0 Å². The van der Waals surface area contributed by atoms with Gasteiger partial charge in [0.2, 0.25) is 5.91 Å². The summed E-state index contributed by atoms with van der Waals surface area (Å²) in [5, 5.41) is 13.8. The number of nitro groups is 1. The second-order valence-corrected chi connectivity index (χ2v) is 7.07. The SMILES string of the molecule is CC(C(=O)Nc1ccccc1[N+](=O)[O-])N1CCCC(COc2ccccc2)C1. The highest BCUT2D eigenvalue weighted by atomic mass is 16.6.